The molecule has 28 heavy (non-hydrogen) atoms. The summed E-state index contributed by atoms with van der Waals surface area (Å²) in [6, 6.07) is 7.62. The molecule has 4 rings (SSSR count). The molecule has 0 unspecified atom stereocenters. The van der Waals surface area contributed by atoms with Crippen LogP contribution in [-0.4, -0.2) is 56.8 Å². The van der Waals surface area contributed by atoms with E-state index >= 15 is 0 Å². The summed E-state index contributed by atoms with van der Waals surface area (Å²) >= 11 is 0. The number of carbonyl (C=O) groups excluding carboxylic acids is 1. The van der Waals surface area contributed by atoms with Gasteiger partial charge in [0, 0.05) is 25.1 Å². The maximum Gasteiger partial charge on any atom is 0.255 e. The molecular formula is C23H34N2O3. The van der Waals surface area contributed by atoms with E-state index in [-0.39, 0.29) is 11.3 Å². The lowest BCUT2D eigenvalue weighted by Crippen LogP contribution is -2.44. The van der Waals surface area contributed by atoms with Crippen LogP contribution < -0.4 is 10.1 Å². The van der Waals surface area contributed by atoms with Gasteiger partial charge < -0.3 is 19.7 Å². The van der Waals surface area contributed by atoms with Crippen LogP contribution in [-0.2, 0) is 4.74 Å². The Balaban J connectivity index is 1.45. The molecule has 1 spiro atoms. The van der Waals surface area contributed by atoms with Crippen LogP contribution in [0.1, 0.15) is 55.3 Å². The summed E-state index contributed by atoms with van der Waals surface area (Å²) in [5, 5.41) is 2.94. The normalized spacial score (nSPS) is 24.6. The highest BCUT2D eigenvalue weighted by Gasteiger charge is 2.36. The quantitative estimate of drug-likeness (QED) is 0.845. The van der Waals surface area contributed by atoms with E-state index in [1.165, 1.54) is 58.2 Å². The number of ether oxygens (including phenoxy) is 2. The van der Waals surface area contributed by atoms with Crippen molar-refractivity contribution in [1.82, 2.24) is 10.2 Å². The van der Waals surface area contributed by atoms with Crippen LogP contribution in [0.3, 0.4) is 0 Å². The number of amides is 1. The second-order valence-corrected chi connectivity index (χ2v) is 8.85. The van der Waals surface area contributed by atoms with Crippen molar-refractivity contribution in [2.45, 2.75) is 44.9 Å². The SMILES string of the molecule is O=C1NCCOCCCCC2(CCN(CC3CC3)CC2)COc2ccccc21. The number of carbonyl (C=O) groups is 1. The molecule has 5 heteroatoms. The minimum atomic E-state index is -0.0791. The van der Waals surface area contributed by atoms with E-state index in [1.54, 1.807) is 0 Å². The first-order valence-corrected chi connectivity index (χ1v) is 11.0. The molecular weight excluding hydrogens is 352 g/mol. The molecule has 1 saturated carbocycles. The van der Waals surface area contributed by atoms with Crippen LogP contribution in [0.4, 0.5) is 0 Å². The Morgan fingerprint density at radius 1 is 1.07 bits per heavy atom. The minimum Gasteiger partial charge on any atom is -0.492 e. The van der Waals surface area contributed by atoms with Crippen molar-refractivity contribution in [2.75, 3.05) is 46.0 Å². The molecule has 1 N–H and O–H groups in total. The molecule has 1 aromatic rings. The predicted octanol–water partition coefficient (Wildman–Crippen LogP) is 3.49. The summed E-state index contributed by atoms with van der Waals surface area (Å²) in [4.78, 5) is 15.2. The number of likely N-dealkylation sites (tertiary alicyclic amines) is 1. The zero-order chi connectivity index (χ0) is 19.2. The first-order valence-electron chi connectivity index (χ1n) is 11.0. The van der Waals surface area contributed by atoms with Gasteiger partial charge >= 0.3 is 0 Å². The summed E-state index contributed by atoms with van der Waals surface area (Å²) in [7, 11) is 0. The molecule has 1 amide bonds. The van der Waals surface area contributed by atoms with Crippen LogP contribution in [0, 0.1) is 11.3 Å². The molecule has 0 aromatic heterocycles. The zero-order valence-electron chi connectivity index (χ0n) is 17.0. The molecule has 154 valence electrons. The van der Waals surface area contributed by atoms with Gasteiger partial charge in [0.15, 0.2) is 0 Å². The second-order valence-electron chi connectivity index (χ2n) is 8.85. The van der Waals surface area contributed by atoms with Crippen LogP contribution in [0.25, 0.3) is 0 Å². The van der Waals surface area contributed by atoms with Gasteiger partial charge in [0.25, 0.3) is 5.91 Å². The number of fused-ring (bicyclic) bond motifs is 1. The van der Waals surface area contributed by atoms with Crippen molar-refractivity contribution in [3.8, 4) is 5.75 Å². The Hall–Kier alpha value is -1.59. The summed E-state index contributed by atoms with van der Waals surface area (Å²) in [6.45, 7) is 6.22. The first kappa shape index (κ1) is 19.7. The van der Waals surface area contributed by atoms with E-state index < -0.39 is 0 Å². The van der Waals surface area contributed by atoms with Crippen molar-refractivity contribution in [3.63, 3.8) is 0 Å². The van der Waals surface area contributed by atoms with Gasteiger partial charge in [0.1, 0.15) is 5.75 Å². The molecule has 5 nitrogen and oxygen atoms in total. The molecule has 0 atom stereocenters. The smallest absolute Gasteiger partial charge is 0.255 e. The van der Waals surface area contributed by atoms with Crippen molar-refractivity contribution < 1.29 is 14.3 Å². The maximum atomic E-state index is 12.5. The average Bonchev–Trinajstić information content (AvgIpc) is 3.54. The van der Waals surface area contributed by atoms with Crippen LogP contribution in [0.5, 0.6) is 5.75 Å². The van der Waals surface area contributed by atoms with Crippen molar-refractivity contribution >= 4 is 5.91 Å². The lowest BCUT2D eigenvalue weighted by Gasteiger charge is -2.42. The molecule has 1 saturated heterocycles. The third-order valence-corrected chi connectivity index (χ3v) is 6.57. The number of hydrogen-bond acceptors (Lipinski definition) is 4. The van der Waals surface area contributed by atoms with E-state index in [1.807, 2.05) is 24.3 Å². The molecule has 2 fully saturated rings. The number of nitrogens with one attached hydrogen (secondary N) is 1. The molecule has 0 radical (unpaired) electrons. The predicted molar refractivity (Wildman–Crippen MR) is 110 cm³/mol. The van der Waals surface area contributed by atoms with Crippen LogP contribution >= 0.6 is 0 Å². The van der Waals surface area contributed by atoms with Crippen molar-refractivity contribution in [2.24, 2.45) is 11.3 Å². The monoisotopic (exact) mass is 386 g/mol. The Bertz CT molecular complexity index is 651. The van der Waals surface area contributed by atoms with Gasteiger partial charge in [0.05, 0.1) is 18.8 Å². The molecule has 1 aromatic carbocycles. The third-order valence-electron chi connectivity index (χ3n) is 6.57. The Morgan fingerprint density at radius 3 is 2.71 bits per heavy atom. The number of rotatable bonds is 2. The number of benzene rings is 1. The fraction of sp³-hybridized carbons (Fsp3) is 0.696. The lowest BCUT2D eigenvalue weighted by atomic mass is 9.75. The van der Waals surface area contributed by atoms with Crippen LogP contribution in [0.15, 0.2) is 24.3 Å². The van der Waals surface area contributed by atoms with Gasteiger partial charge in [-0.1, -0.05) is 18.6 Å². The Kier molecular flexibility index (Phi) is 6.53. The third kappa shape index (κ3) is 5.26. The topological polar surface area (TPSA) is 50.8 Å². The largest absolute Gasteiger partial charge is 0.492 e. The lowest BCUT2D eigenvalue weighted by molar-refractivity contribution is 0.0395. The molecule has 3 aliphatic rings. The van der Waals surface area contributed by atoms with Crippen molar-refractivity contribution in [1.29, 1.82) is 0 Å². The van der Waals surface area contributed by atoms with Gasteiger partial charge in [-0.25, -0.2) is 0 Å². The van der Waals surface area contributed by atoms with E-state index in [0.29, 0.717) is 31.1 Å². The Morgan fingerprint density at radius 2 is 1.89 bits per heavy atom. The van der Waals surface area contributed by atoms with E-state index in [9.17, 15) is 4.79 Å². The molecule has 2 heterocycles. The second kappa shape index (κ2) is 9.27. The van der Waals surface area contributed by atoms with E-state index in [2.05, 4.69) is 10.2 Å². The number of para-hydroxylation sites is 1. The van der Waals surface area contributed by atoms with E-state index in [4.69, 9.17) is 9.47 Å². The highest BCUT2D eigenvalue weighted by atomic mass is 16.5. The molecule has 0 bridgehead atoms. The van der Waals surface area contributed by atoms with Crippen LogP contribution in [0.2, 0.25) is 0 Å². The summed E-state index contributed by atoms with van der Waals surface area (Å²) < 4.78 is 12.0. The first-order chi connectivity index (χ1) is 13.7. The Labute approximate surface area is 168 Å². The number of hydrogen-bond donors (Lipinski definition) is 1. The van der Waals surface area contributed by atoms with Gasteiger partial charge in [-0.15, -0.1) is 0 Å². The fourth-order valence-electron chi connectivity index (χ4n) is 4.49. The molecule has 1 aliphatic carbocycles. The zero-order valence-corrected chi connectivity index (χ0v) is 17.0. The van der Waals surface area contributed by atoms with Gasteiger partial charge in [-0.05, 0) is 69.7 Å². The van der Waals surface area contributed by atoms with E-state index in [0.717, 1.165) is 18.9 Å². The van der Waals surface area contributed by atoms with Crippen molar-refractivity contribution in [3.05, 3.63) is 29.8 Å². The number of nitrogens with zero attached hydrogens (tertiary/aromatic N) is 1. The standard InChI is InChI=1S/C23H34N2O3/c26-22-20-5-1-2-6-21(20)28-18-23(9-3-4-15-27-16-12-24-22)10-13-25(14-11-23)17-19-7-8-19/h1-2,5-6,19H,3-4,7-18H2,(H,24,26). The fourth-order valence-corrected chi connectivity index (χ4v) is 4.49. The highest BCUT2D eigenvalue weighted by molar-refractivity contribution is 5.96. The average molecular weight is 387 g/mol. The van der Waals surface area contributed by atoms with Gasteiger partial charge in [-0.2, -0.15) is 0 Å². The summed E-state index contributed by atoms with van der Waals surface area (Å²) in [5.41, 5.74) is 0.842. The summed E-state index contributed by atoms with van der Waals surface area (Å²) in [5.74, 6) is 1.58. The molecule has 2 aliphatic heterocycles. The van der Waals surface area contributed by atoms with Gasteiger partial charge in [-0.3, -0.25) is 4.79 Å². The van der Waals surface area contributed by atoms with Gasteiger partial charge in [0.2, 0.25) is 0 Å². The highest BCUT2D eigenvalue weighted by Crippen LogP contribution is 2.39. The maximum absolute atomic E-state index is 12.5. The number of piperidine rings is 1. The summed E-state index contributed by atoms with van der Waals surface area (Å²) in [6.07, 6.45) is 8.66. The minimum absolute atomic E-state index is 0.0791.